The van der Waals surface area contributed by atoms with E-state index in [1.807, 2.05) is 18.2 Å². The van der Waals surface area contributed by atoms with Gasteiger partial charge >= 0.3 is 12.0 Å². The van der Waals surface area contributed by atoms with E-state index in [2.05, 4.69) is 10.3 Å². The Morgan fingerprint density at radius 3 is 2.77 bits per heavy atom. The van der Waals surface area contributed by atoms with Crippen molar-refractivity contribution in [3.8, 4) is 0 Å². The lowest BCUT2D eigenvalue weighted by atomic mass is 10.0. The number of carbonyl (C=O) groups is 3. The summed E-state index contributed by atoms with van der Waals surface area (Å²) in [6, 6.07) is 5.42. The van der Waals surface area contributed by atoms with Crippen LogP contribution in [0.25, 0.3) is 10.9 Å². The minimum absolute atomic E-state index is 0.0548. The Bertz CT molecular complexity index is 842. The maximum atomic E-state index is 12.2. The number of aromatic amines is 1. The van der Waals surface area contributed by atoms with Crippen molar-refractivity contribution >= 4 is 28.8 Å². The molecule has 26 heavy (non-hydrogen) atoms. The maximum absolute atomic E-state index is 12.2. The van der Waals surface area contributed by atoms with E-state index in [0.29, 0.717) is 38.2 Å². The van der Waals surface area contributed by atoms with Crippen LogP contribution in [0, 0.1) is 0 Å². The van der Waals surface area contributed by atoms with E-state index < -0.39 is 5.97 Å². The zero-order valence-electron chi connectivity index (χ0n) is 14.6. The summed E-state index contributed by atoms with van der Waals surface area (Å²) in [5.74, 6) is -0.612. The van der Waals surface area contributed by atoms with Gasteiger partial charge in [0.05, 0.1) is 13.2 Å². The van der Waals surface area contributed by atoms with Crippen molar-refractivity contribution in [1.29, 1.82) is 0 Å². The third kappa shape index (κ3) is 3.41. The van der Waals surface area contributed by atoms with Crippen molar-refractivity contribution < 1.29 is 19.1 Å². The molecule has 4 N–H and O–H groups in total. The molecular formula is C18H22N4O4. The summed E-state index contributed by atoms with van der Waals surface area (Å²) in [4.78, 5) is 39.8. The number of benzene rings is 1. The molecule has 1 aliphatic rings. The zero-order chi connectivity index (χ0) is 18.7. The summed E-state index contributed by atoms with van der Waals surface area (Å²) in [5.41, 5.74) is 8.77. The Kier molecular flexibility index (Phi) is 5.22. The minimum atomic E-state index is -0.395. The third-order valence-corrected chi connectivity index (χ3v) is 4.41. The van der Waals surface area contributed by atoms with Gasteiger partial charge in [0.15, 0.2) is 0 Å². The molecular weight excluding hydrogens is 336 g/mol. The number of hydrogen-bond acceptors (Lipinski definition) is 5. The number of hydrogen-bond donors (Lipinski definition) is 3. The van der Waals surface area contributed by atoms with Crippen LogP contribution in [0.15, 0.2) is 18.2 Å². The third-order valence-electron chi connectivity index (χ3n) is 4.41. The van der Waals surface area contributed by atoms with Gasteiger partial charge in [0, 0.05) is 17.4 Å². The van der Waals surface area contributed by atoms with Gasteiger partial charge in [-0.25, -0.2) is 9.59 Å². The van der Waals surface area contributed by atoms with E-state index in [4.69, 9.17) is 10.5 Å². The molecule has 0 unspecified atom stereocenters. The highest BCUT2D eigenvalue weighted by Crippen LogP contribution is 2.25. The van der Waals surface area contributed by atoms with Gasteiger partial charge in [-0.15, -0.1) is 0 Å². The highest BCUT2D eigenvalue weighted by Gasteiger charge is 2.27. The average molecular weight is 358 g/mol. The second-order valence-electron chi connectivity index (χ2n) is 6.07. The molecule has 3 rings (SSSR count). The number of aromatic nitrogens is 1. The summed E-state index contributed by atoms with van der Waals surface area (Å²) < 4.78 is 5.11. The van der Waals surface area contributed by atoms with Crippen molar-refractivity contribution in [2.24, 2.45) is 5.73 Å². The topological polar surface area (TPSA) is 118 Å². The molecule has 2 heterocycles. The fourth-order valence-corrected chi connectivity index (χ4v) is 3.15. The molecule has 0 spiro atoms. The summed E-state index contributed by atoms with van der Waals surface area (Å²) in [6.07, 6.45) is 1.09. The fraction of sp³-hybridized carbons (Fsp3) is 0.389. The first-order valence-corrected chi connectivity index (χ1v) is 8.64. The molecule has 8 nitrogen and oxygen atoms in total. The Morgan fingerprint density at radius 2 is 2.12 bits per heavy atom. The molecule has 0 atom stereocenters. The van der Waals surface area contributed by atoms with E-state index >= 15 is 0 Å². The van der Waals surface area contributed by atoms with Crippen LogP contribution in [0.1, 0.15) is 28.5 Å². The van der Waals surface area contributed by atoms with E-state index in [0.717, 1.165) is 22.0 Å². The first-order valence-electron chi connectivity index (χ1n) is 8.64. The number of urea groups is 1. The van der Waals surface area contributed by atoms with E-state index in [1.165, 1.54) is 4.90 Å². The fourth-order valence-electron chi connectivity index (χ4n) is 3.15. The van der Waals surface area contributed by atoms with Crippen molar-refractivity contribution in [3.05, 3.63) is 35.0 Å². The van der Waals surface area contributed by atoms with Gasteiger partial charge in [-0.3, -0.25) is 9.69 Å². The Hall–Kier alpha value is -2.87. The lowest BCUT2D eigenvalue weighted by Crippen LogP contribution is -2.32. The Labute approximate surface area is 150 Å². The molecule has 1 aromatic heterocycles. The van der Waals surface area contributed by atoms with Crippen LogP contribution >= 0.6 is 0 Å². The van der Waals surface area contributed by atoms with Gasteiger partial charge in [0.1, 0.15) is 5.69 Å². The van der Waals surface area contributed by atoms with Crippen LogP contribution in [0.5, 0.6) is 0 Å². The van der Waals surface area contributed by atoms with Gasteiger partial charge in [0.2, 0.25) is 5.91 Å². The van der Waals surface area contributed by atoms with E-state index in [-0.39, 0.29) is 18.5 Å². The SMILES string of the molecule is CCOC(=O)c1[nH]c2ccc(CCN3C(=O)CNC3=O)cc2c1CCN. The normalized spacial score (nSPS) is 14.2. The first-order chi connectivity index (χ1) is 12.5. The number of rotatable bonds is 7. The number of amides is 3. The maximum Gasteiger partial charge on any atom is 0.355 e. The lowest BCUT2D eigenvalue weighted by molar-refractivity contribution is -0.124. The van der Waals surface area contributed by atoms with Crippen LogP contribution in [0.4, 0.5) is 4.79 Å². The predicted octanol–water partition coefficient (Wildman–Crippen LogP) is 0.940. The monoisotopic (exact) mass is 358 g/mol. The molecule has 1 fully saturated rings. The number of H-pyrrole nitrogens is 1. The predicted molar refractivity (Wildman–Crippen MR) is 95.8 cm³/mol. The summed E-state index contributed by atoms with van der Waals surface area (Å²) >= 11 is 0. The molecule has 0 saturated carbocycles. The van der Waals surface area contributed by atoms with Crippen LogP contribution in [0.2, 0.25) is 0 Å². The highest BCUT2D eigenvalue weighted by molar-refractivity contribution is 6.02. The van der Waals surface area contributed by atoms with Crippen molar-refractivity contribution in [2.45, 2.75) is 19.8 Å². The molecule has 1 aromatic carbocycles. The average Bonchev–Trinajstić information content (AvgIpc) is 3.14. The molecule has 2 aromatic rings. The number of ether oxygens (including phenoxy) is 1. The highest BCUT2D eigenvalue weighted by atomic mass is 16.5. The summed E-state index contributed by atoms with van der Waals surface area (Å²) in [7, 11) is 0. The summed E-state index contributed by atoms with van der Waals surface area (Å²) in [5, 5.41) is 3.42. The number of nitrogens with one attached hydrogen (secondary N) is 2. The second kappa shape index (κ2) is 7.57. The van der Waals surface area contributed by atoms with Crippen LogP contribution in [-0.2, 0) is 22.4 Å². The first kappa shape index (κ1) is 17.9. The number of nitrogens with two attached hydrogens (primary N) is 1. The Morgan fingerprint density at radius 1 is 1.31 bits per heavy atom. The molecule has 8 heteroatoms. The standard InChI is InChI=1S/C18H22N4O4/c1-2-26-17(24)16-12(5-7-19)13-9-11(3-4-14(13)21-16)6-8-22-15(23)10-20-18(22)25/h3-4,9,21H,2,5-8,10,19H2,1H3,(H,20,25). The van der Waals surface area contributed by atoms with Gasteiger partial charge in [0.25, 0.3) is 0 Å². The quantitative estimate of drug-likeness (QED) is 0.503. The molecule has 3 amide bonds. The largest absolute Gasteiger partial charge is 0.461 e. The number of carbonyl (C=O) groups excluding carboxylic acids is 3. The van der Waals surface area contributed by atoms with Crippen molar-refractivity contribution in [3.63, 3.8) is 0 Å². The smallest absolute Gasteiger partial charge is 0.355 e. The minimum Gasteiger partial charge on any atom is -0.461 e. The van der Waals surface area contributed by atoms with Crippen molar-refractivity contribution in [1.82, 2.24) is 15.2 Å². The second-order valence-corrected chi connectivity index (χ2v) is 6.07. The number of nitrogens with zero attached hydrogens (tertiary/aromatic N) is 1. The zero-order valence-corrected chi connectivity index (χ0v) is 14.6. The molecule has 1 saturated heterocycles. The number of fused-ring (bicyclic) bond motifs is 1. The Balaban J connectivity index is 1.87. The van der Waals surface area contributed by atoms with Crippen LogP contribution in [0.3, 0.4) is 0 Å². The van der Waals surface area contributed by atoms with E-state index in [1.54, 1.807) is 6.92 Å². The van der Waals surface area contributed by atoms with Crippen molar-refractivity contribution in [2.75, 3.05) is 26.2 Å². The summed E-state index contributed by atoms with van der Waals surface area (Å²) in [6.45, 7) is 2.84. The number of imide groups is 1. The van der Waals surface area contributed by atoms with Crippen LogP contribution < -0.4 is 11.1 Å². The van der Waals surface area contributed by atoms with E-state index in [9.17, 15) is 14.4 Å². The van der Waals surface area contributed by atoms with Gasteiger partial charge in [-0.2, -0.15) is 0 Å². The van der Waals surface area contributed by atoms with Gasteiger partial charge in [-0.1, -0.05) is 6.07 Å². The molecule has 0 bridgehead atoms. The lowest BCUT2D eigenvalue weighted by Gasteiger charge is -2.12. The van der Waals surface area contributed by atoms with Crippen LogP contribution in [-0.4, -0.2) is 54.0 Å². The molecule has 1 aliphatic heterocycles. The molecule has 138 valence electrons. The molecule has 0 radical (unpaired) electrons. The molecule has 0 aliphatic carbocycles. The van der Waals surface area contributed by atoms with Gasteiger partial charge < -0.3 is 20.8 Å². The number of esters is 1. The van der Waals surface area contributed by atoms with Gasteiger partial charge in [-0.05, 0) is 49.6 Å².